The molecule has 0 saturated heterocycles. The number of carbonyl (C=O) groups is 1. The molecule has 1 N–H and O–H groups in total. The quantitative estimate of drug-likeness (QED) is 0.503. The van der Waals surface area contributed by atoms with E-state index in [1.165, 1.54) is 6.07 Å². The van der Waals surface area contributed by atoms with Crippen molar-refractivity contribution in [1.29, 1.82) is 0 Å². The van der Waals surface area contributed by atoms with Gasteiger partial charge in [-0.25, -0.2) is 4.79 Å². The van der Waals surface area contributed by atoms with Gasteiger partial charge >= 0.3 is 5.97 Å². The first-order valence-corrected chi connectivity index (χ1v) is 6.03. The summed E-state index contributed by atoms with van der Waals surface area (Å²) < 4.78 is 5.28. The third-order valence-corrected chi connectivity index (χ3v) is 2.78. The number of esters is 1. The van der Waals surface area contributed by atoms with Crippen LogP contribution >= 0.6 is 0 Å². The van der Waals surface area contributed by atoms with Crippen molar-refractivity contribution in [3.8, 4) is 0 Å². The number of anilines is 1. The van der Waals surface area contributed by atoms with E-state index >= 15 is 0 Å². The summed E-state index contributed by atoms with van der Waals surface area (Å²) in [4.78, 5) is 22.5. The van der Waals surface area contributed by atoms with Gasteiger partial charge in [0.15, 0.2) is 0 Å². The van der Waals surface area contributed by atoms with Crippen LogP contribution in [0.1, 0.15) is 26.3 Å². The number of nitro groups is 1. The van der Waals surface area contributed by atoms with Crippen LogP contribution in [0, 0.1) is 10.1 Å². The second-order valence-corrected chi connectivity index (χ2v) is 5.49. The molecule has 19 heavy (non-hydrogen) atoms. The molecule has 1 aliphatic rings. The van der Waals surface area contributed by atoms with Gasteiger partial charge in [-0.3, -0.25) is 10.1 Å². The fourth-order valence-electron chi connectivity index (χ4n) is 2.05. The Morgan fingerprint density at radius 2 is 2.16 bits per heavy atom. The fourth-order valence-corrected chi connectivity index (χ4v) is 2.05. The van der Waals surface area contributed by atoms with Crippen LogP contribution < -0.4 is 5.32 Å². The van der Waals surface area contributed by atoms with Gasteiger partial charge in [-0.2, -0.15) is 0 Å². The lowest BCUT2D eigenvalue weighted by atomic mass is 10.1. The summed E-state index contributed by atoms with van der Waals surface area (Å²) in [5, 5.41) is 13.9. The number of ether oxygens (including phenoxy) is 1. The topological polar surface area (TPSA) is 81.5 Å². The molecule has 102 valence electrons. The predicted molar refractivity (Wildman–Crippen MR) is 70.1 cm³/mol. The molecule has 1 atom stereocenters. The molecule has 0 aliphatic carbocycles. The predicted octanol–water partition coefficient (Wildman–Crippen LogP) is 2.27. The van der Waals surface area contributed by atoms with Gasteiger partial charge in [0.05, 0.1) is 10.5 Å². The zero-order valence-corrected chi connectivity index (χ0v) is 11.1. The molecule has 0 bridgehead atoms. The number of benzene rings is 1. The number of hydrogen-bond donors (Lipinski definition) is 1. The standard InChI is InChI=1S/C13H16N2O4/c1-13(2,3)19-12(16)10-7-8-9(14-10)5-4-6-11(8)15(17)18/h4-6,10,14H,7H2,1-3H3/t10-/m1/s1. The van der Waals surface area contributed by atoms with Gasteiger partial charge < -0.3 is 10.1 Å². The second-order valence-electron chi connectivity index (χ2n) is 5.49. The third kappa shape index (κ3) is 2.83. The Kier molecular flexibility index (Phi) is 3.18. The maximum atomic E-state index is 12.0. The molecule has 6 nitrogen and oxygen atoms in total. The maximum Gasteiger partial charge on any atom is 0.329 e. The molecule has 1 aromatic carbocycles. The Labute approximate surface area is 110 Å². The lowest BCUT2D eigenvalue weighted by molar-refractivity contribution is -0.385. The van der Waals surface area contributed by atoms with E-state index in [0.29, 0.717) is 11.3 Å². The van der Waals surface area contributed by atoms with Crippen molar-refractivity contribution < 1.29 is 14.5 Å². The molecule has 1 aliphatic heterocycles. The fraction of sp³-hybridized carbons (Fsp3) is 0.462. The van der Waals surface area contributed by atoms with E-state index in [9.17, 15) is 14.9 Å². The molecule has 0 saturated carbocycles. The number of nitrogens with one attached hydrogen (secondary N) is 1. The van der Waals surface area contributed by atoms with E-state index in [-0.39, 0.29) is 12.1 Å². The summed E-state index contributed by atoms with van der Waals surface area (Å²) in [5.41, 5.74) is 0.656. The van der Waals surface area contributed by atoms with Crippen molar-refractivity contribution in [3.05, 3.63) is 33.9 Å². The first kappa shape index (κ1) is 13.3. The maximum absolute atomic E-state index is 12.0. The van der Waals surface area contributed by atoms with Gasteiger partial charge in [0.2, 0.25) is 0 Å². The van der Waals surface area contributed by atoms with Crippen LogP contribution in [0.4, 0.5) is 11.4 Å². The Balaban J connectivity index is 2.19. The molecule has 0 aromatic heterocycles. The number of nitrogens with zero attached hydrogens (tertiary/aromatic N) is 1. The van der Waals surface area contributed by atoms with Crippen LogP contribution in [0.25, 0.3) is 0 Å². The Bertz CT molecular complexity index is 534. The van der Waals surface area contributed by atoms with Gasteiger partial charge in [0.25, 0.3) is 5.69 Å². The van der Waals surface area contributed by atoms with Crippen LogP contribution in [0.3, 0.4) is 0 Å². The molecular weight excluding hydrogens is 248 g/mol. The van der Waals surface area contributed by atoms with Crippen LogP contribution in [-0.2, 0) is 16.0 Å². The average Bonchev–Trinajstić information content (AvgIpc) is 2.69. The summed E-state index contributed by atoms with van der Waals surface area (Å²) >= 11 is 0. The highest BCUT2D eigenvalue weighted by atomic mass is 16.6. The van der Waals surface area contributed by atoms with Gasteiger partial charge in [-0.1, -0.05) is 6.07 Å². The number of nitro benzene ring substituents is 1. The van der Waals surface area contributed by atoms with Crippen LogP contribution in [-0.4, -0.2) is 22.5 Å². The molecule has 0 unspecified atom stereocenters. The van der Waals surface area contributed by atoms with Gasteiger partial charge in [-0.15, -0.1) is 0 Å². The van der Waals surface area contributed by atoms with Crippen molar-refractivity contribution in [2.75, 3.05) is 5.32 Å². The molecule has 1 aromatic rings. The van der Waals surface area contributed by atoms with Crippen molar-refractivity contribution in [2.45, 2.75) is 38.8 Å². The highest BCUT2D eigenvalue weighted by Gasteiger charge is 2.34. The molecular formula is C13H16N2O4. The minimum absolute atomic E-state index is 0.0380. The summed E-state index contributed by atoms with van der Waals surface area (Å²) in [6.07, 6.45) is 0.279. The van der Waals surface area contributed by atoms with Crippen LogP contribution in [0.2, 0.25) is 0 Å². The van der Waals surface area contributed by atoms with E-state index in [4.69, 9.17) is 4.74 Å². The zero-order valence-electron chi connectivity index (χ0n) is 11.1. The lowest BCUT2D eigenvalue weighted by Crippen LogP contribution is -2.35. The van der Waals surface area contributed by atoms with E-state index in [2.05, 4.69) is 5.32 Å². The Hall–Kier alpha value is -2.11. The highest BCUT2D eigenvalue weighted by molar-refractivity contribution is 5.84. The molecule has 6 heteroatoms. The van der Waals surface area contributed by atoms with Crippen molar-refractivity contribution in [3.63, 3.8) is 0 Å². The summed E-state index contributed by atoms with van der Waals surface area (Å²) in [6.45, 7) is 5.36. The molecule has 0 fully saturated rings. The average molecular weight is 264 g/mol. The molecule has 0 radical (unpaired) electrons. The minimum atomic E-state index is -0.570. The van der Waals surface area contributed by atoms with E-state index in [0.717, 1.165) is 0 Å². The highest BCUT2D eigenvalue weighted by Crippen LogP contribution is 2.33. The second kappa shape index (κ2) is 4.53. The number of rotatable bonds is 2. The summed E-state index contributed by atoms with van der Waals surface area (Å²) in [5.74, 6) is -0.391. The first-order chi connectivity index (χ1) is 8.78. The monoisotopic (exact) mass is 264 g/mol. The van der Waals surface area contributed by atoms with Crippen molar-refractivity contribution in [2.24, 2.45) is 0 Å². The van der Waals surface area contributed by atoms with Crippen molar-refractivity contribution in [1.82, 2.24) is 0 Å². The van der Waals surface area contributed by atoms with E-state index in [1.54, 1.807) is 32.9 Å². The van der Waals surface area contributed by atoms with E-state index in [1.807, 2.05) is 0 Å². The summed E-state index contributed by atoms with van der Waals surface area (Å²) in [7, 11) is 0. The summed E-state index contributed by atoms with van der Waals surface area (Å²) in [6, 6.07) is 4.21. The molecule has 1 heterocycles. The first-order valence-electron chi connectivity index (χ1n) is 6.03. The third-order valence-electron chi connectivity index (χ3n) is 2.78. The Morgan fingerprint density at radius 1 is 1.47 bits per heavy atom. The minimum Gasteiger partial charge on any atom is -0.458 e. The number of hydrogen-bond acceptors (Lipinski definition) is 5. The molecule has 0 spiro atoms. The normalized spacial score (nSPS) is 17.5. The number of carbonyl (C=O) groups excluding carboxylic acids is 1. The smallest absolute Gasteiger partial charge is 0.329 e. The SMILES string of the molecule is CC(C)(C)OC(=O)[C@H]1Cc2c(cccc2[N+](=O)[O-])N1. The Morgan fingerprint density at radius 3 is 2.74 bits per heavy atom. The lowest BCUT2D eigenvalue weighted by Gasteiger charge is -2.22. The van der Waals surface area contributed by atoms with Gasteiger partial charge in [0.1, 0.15) is 11.6 Å². The van der Waals surface area contributed by atoms with Gasteiger partial charge in [0, 0.05) is 18.2 Å². The van der Waals surface area contributed by atoms with Crippen LogP contribution in [0.15, 0.2) is 18.2 Å². The zero-order chi connectivity index (χ0) is 14.2. The number of fused-ring (bicyclic) bond motifs is 1. The molecule has 0 amide bonds. The van der Waals surface area contributed by atoms with Gasteiger partial charge in [-0.05, 0) is 26.8 Å². The molecule has 2 rings (SSSR count). The largest absolute Gasteiger partial charge is 0.458 e. The van der Waals surface area contributed by atoms with Crippen LogP contribution in [0.5, 0.6) is 0 Å². The van der Waals surface area contributed by atoms with Crippen molar-refractivity contribution >= 4 is 17.3 Å². The van der Waals surface area contributed by atoms with E-state index < -0.39 is 22.5 Å².